The maximum atomic E-state index is 14.1. The Morgan fingerprint density at radius 1 is 0.385 bits per heavy atom. The lowest BCUT2D eigenvalue weighted by molar-refractivity contribution is 0.660. The highest BCUT2D eigenvalue weighted by molar-refractivity contribution is 6.13. The minimum atomic E-state index is -0.184. The molecule has 6 heteroatoms. The van der Waals surface area contributed by atoms with E-state index in [-0.39, 0.29) is 11.0 Å². The van der Waals surface area contributed by atoms with Gasteiger partial charge in [-0.15, -0.1) is 0 Å². The molecular weight excluding hydrogens is 795 g/mol. The molecule has 0 atom stereocenters. The molecule has 3 heterocycles. The minimum Gasteiger partial charge on any atom is -0.309 e. The molecule has 12 aromatic rings. The van der Waals surface area contributed by atoms with Crippen molar-refractivity contribution in [3.63, 3.8) is 0 Å². The van der Waals surface area contributed by atoms with Crippen molar-refractivity contribution in [2.75, 3.05) is 0 Å². The van der Waals surface area contributed by atoms with Crippen LogP contribution < -0.4 is 5.56 Å². The zero-order valence-corrected chi connectivity index (χ0v) is 35.7. The van der Waals surface area contributed by atoms with Crippen LogP contribution in [0.3, 0.4) is 0 Å². The van der Waals surface area contributed by atoms with Gasteiger partial charge in [-0.2, -0.15) is 0 Å². The van der Waals surface area contributed by atoms with Crippen LogP contribution in [0.2, 0.25) is 0 Å². The zero-order chi connectivity index (χ0) is 43.4. The van der Waals surface area contributed by atoms with Crippen LogP contribution >= 0.6 is 0 Å². The molecule has 3 aromatic heterocycles. The van der Waals surface area contributed by atoms with E-state index in [0.717, 1.165) is 61.0 Å². The second-order valence-corrected chi connectivity index (χ2v) is 17.6. The molecule has 6 nitrogen and oxygen atoms in total. The molecule has 1 aliphatic rings. The second kappa shape index (κ2) is 14.0. The van der Waals surface area contributed by atoms with Crippen LogP contribution in [0.1, 0.15) is 25.0 Å². The standard InChI is InChI=1S/C59H39N5O/c1-59(2)49-22-10-7-20-46(49)54-47(21-13-23-50(54)59)57-61-55(36-26-30-40(31-27-36)63-51-24-11-9-18-44(51)48-34-38-14-3-4-15-39(38)35-53(48)63)60-56(62-57)37-28-32-41(33-29-37)64-52-25-12-8-17-43(52)42-16-5-6-19-45(42)58(64)65/h3-35H,1-2H3. The highest BCUT2D eigenvalue weighted by Crippen LogP contribution is 2.51. The monoisotopic (exact) mass is 833 g/mol. The summed E-state index contributed by atoms with van der Waals surface area (Å²) in [4.78, 5) is 29.9. The third-order valence-electron chi connectivity index (χ3n) is 13.6. The Morgan fingerprint density at radius 2 is 0.877 bits per heavy atom. The number of hydrogen-bond acceptors (Lipinski definition) is 4. The molecule has 306 valence electrons. The largest absolute Gasteiger partial charge is 0.309 e. The van der Waals surface area contributed by atoms with Gasteiger partial charge >= 0.3 is 0 Å². The predicted molar refractivity (Wildman–Crippen MR) is 266 cm³/mol. The maximum absolute atomic E-state index is 14.1. The van der Waals surface area contributed by atoms with Crippen LogP contribution in [0.4, 0.5) is 0 Å². The van der Waals surface area contributed by atoms with Crippen molar-refractivity contribution in [2.24, 2.45) is 0 Å². The number of para-hydroxylation sites is 2. The van der Waals surface area contributed by atoms with Crippen molar-refractivity contribution in [1.29, 1.82) is 0 Å². The van der Waals surface area contributed by atoms with Crippen molar-refractivity contribution in [2.45, 2.75) is 19.3 Å². The van der Waals surface area contributed by atoms with Gasteiger partial charge in [0.15, 0.2) is 17.5 Å². The van der Waals surface area contributed by atoms with E-state index < -0.39 is 0 Å². The Morgan fingerprint density at radius 3 is 1.57 bits per heavy atom. The second-order valence-electron chi connectivity index (χ2n) is 17.6. The number of pyridine rings is 1. The summed E-state index contributed by atoms with van der Waals surface area (Å²) >= 11 is 0. The molecule has 65 heavy (non-hydrogen) atoms. The quantitative estimate of drug-likeness (QED) is 0.162. The Hall–Kier alpha value is -8.48. The first-order valence-electron chi connectivity index (χ1n) is 22.1. The number of nitrogens with zero attached hydrogens (tertiary/aromatic N) is 5. The van der Waals surface area contributed by atoms with E-state index in [1.165, 1.54) is 38.2 Å². The first kappa shape index (κ1) is 37.1. The summed E-state index contributed by atoms with van der Waals surface area (Å²) < 4.78 is 4.16. The molecule has 0 bridgehead atoms. The molecule has 0 spiro atoms. The fourth-order valence-corrected chi connectivity index (χ4v) is 10.4. The molecule has 0 N–H and O–H groups in total. The van der Waals surface area contributed by atoms with E-state index in [0.29, 0.717) is 22.9 Å². The minimum absolute atomic E-state index is 0.0596. The smallest absolute Gasteiger partial charge is 0.263 e. The van der Waals surface area contributed by atoms with Gasteiger partial charge in [0, 0.05) is 55.0 Å². The van der Waals surface area contributed by atoms with Crippen molar-refractivity contribution in [1.82, 2.24) is 24.1 Å². The predicted octanol–water partition coefficient (Wildman–Crippen LogP) is 13.9. The molecule has 9 aromatic carbocycles. The summed E-state index contributed by atoms with van der Waals surface area (Å²) in [6.45, 7) is 4.58. The zero-order valence-electron chi connectivity index (χ0n) is 35.7. The van der Waals surface area contributed by atoms with Gasteiger partial charge in [-0.1, -0.05) is 135 Å². The summed E-state index contributed by atoms with van der Waals surface area (Å²) in [5, 5.41) is 7.52. The maximum Gasteiger partial charge on any atom is 0.263 e. The van der Waals surface area contributed by atoms with Crippen LogP contribution in [0.25, 0.3) is 111 Å². The van der Waals surface area contributed by atoms with Crippen molar-refractivity contribution in [3.05, 3.63) is 222 Å². The molecule has 0 unspecified atom stereocenters. The summed E-state index contributed by atoms with van der Waals surface area (Å²) in [6.07, 6.45) is 0. The number of fused-ring (bicyclic) bond motifs is 10. The topological polar surface area (TPSA) is 65.6 Å². The lowest BCUT2D eigenvalue weighted by Crippen LogP contribution is -2.19. The molecule has 0 saturated heterocycles. The van der Waals surface area contributed by atoms with E-state index >= 15 is 0 Å². The van der Waals surface area contributed by atoms with Crippen molar-refractivity contribution in [3.8, 4) is 56.7 Å². The summed E-state index contributed by atoms with van der Waals surface area (Å²) in [5.74, 6) is 1.73. The SMILES string of the molecule is CC1(C)c2ccccc2-c2c(-c3nc(-c4ccc(-n5c(=O)c6ccccc6c6ccccc65)cc4)nc(-c4ccc(-n5c6ccccc6c6cc7ccccc7cc65)cc4)n3)cccc21. The first-order chi connectivity index (χ1) is 31.9. The van der Waals surface area contributed by atoms with E-state index in [2.05, 4.69) is 152 Å². The third kappa shape index (κ3) is 5.60. The number of benzene rings is 9. The molecular formula is C59H39N5O. The van der Waals surface area contributed by atoms with Gasteiger partial charge in [0.05, 0.1) is 16.6 Å². The summed E-state index contributed by atoms with van der Waals surface area (Å²) in [5.41, 5.74) is 12.3. The molecule has 13 rings (SSSR count). The average Bonchev–Trinajstić information content (AvgIpc) is 3.80. The van der Waals surface area contributed by atoms with E-state index in [1.807, 2.05) is 66.7 Å². The Labute approximate surface area is 374 Å². The van der Waals surface area contributed by atoms with Gasteiger partial charge < -0.3 is 4.57 Å². The normalized spacial score (nSPS) is 13.0. The average molecular weight is 834 g/mol. The molecule has 0 saturated carbocycles. The molecule has 0 amide bonds. The summed E-state index contributed by atoms with van der Waals surface area (Å²) in [7, 11) is 0. The van der Waals surface area contributed by atoms with Crippen molar-refractivity contribution >= 4 is 54.3 Å². The Balaban J connectivity index is 0.976. The van der Waals surface area contributed by atoms with Gasteiger partial charge in [-0.3, -0.25) is 9.36 Å². The van der Waals surface area contributed by atoms with Gasteiger partial charge in [0.25, 0.3) is 5.56 Å². The fraction of sp³-hybridized carbons (Fsp3) is 0.0508. The number of aromatic nitrogens is 5. The fourth-order valence-electron chi connectivity index (χ4n) is 10.4. The van der Waals surface area contributed by atoms with Crippen molar-refractivity contribution < 1.29 is 0 Å². The Bertz CT molecular complexity index is 3990. The van der Waals surface area contributed by atoms with Crippen LogP contribution in [0, 0.1) is 0 Å². The number of hydrogen-bond donors (Lipinski definition) is 0. The summed E-state index contributed by atoms with van der Waals surface area (Å²) in [6, 6.07) is 69.4. The number of rotatable bonds is 5. The Kier molecular flexibility index (Phi) is 8.00. The van der Waals surface area contributed by atoms with E-state index in [1.54, 1.807) is 4.57 Å². The van der Waals surface area contributed by atoms with Crippen LogP contribution in [-0.4, -0.2) is 24.1 Å². The van der Waals surface area contributed by atoms with Gasteiger partial charge in [-0.05, 0) is 117 Å². The van der Waals surface area contributed by atoms with Crippen LogP contribution in [0.5, 0.6) is 0 Å². The molecule has 0 aliphatic heterocycles. The lowest BCUT2D eigenvalue weighted by Gasteiger charge is -2.21. The van der Waals surface area contributed by atoms with E-state index in [9.17, 15) is 4.79 Å². The highest BCUT2D eigenvalue weighted by Gasteiger charge is 2.37. The van der Waals surface area contributed by atoms with E-state index in [4.69, 9.17) is 15.0 Å². The third-order valence-corrected chi connectivity index (χ3v) is 13.6. The highest BCUT2D eigenvalue weighted by atomic mass is 16.1. The first-order valence-corrected chi connectivity index (χ1v) is 22.1. The lowest BCUT2D eigenvalue weighted by atomic mass is 9.82. The van der Waals surface area contributed by atoms with Gasteiger partial charge in [0.1, 0.15) is 0 Å². The molecule has 0 fully saturated rings. The van der Waals surface area contributed by atoms with Gasteiger partial charge in [-0.25, -0.2) is 15.0 Å². The van der Waals surface area contributed by atoms with Crippen LogP contribution in [-0.2, 0) is 5.41 Å². The molecule has 0 radical (unpaired) electrons. The van der Waals surface area contributed by atoms with Gasteiger partial charge in [0.2, 0.25) is 0 Å². The molecule has 1 aliphatic carbocycles. The van der Waals surface area contributed by atoms with Crippen LogP contribution in [0.15, 0.2) is 205 Å².